The van der Waals surface area contributed by atoms with Crippen molar-refractivity contribution in [3.8, 4) is 0 Å². The summed E-state index contributed by atoms with van der Waals surface area (Å²) in [4.78, 5) is 18.8. The Balaban J connectivity index is 2.55. The van der Waals surface area contributed by atoms with Gasteiger partial charge in [-0.2, -0.15) is 10.8 Å². The molecule has 1 unspecified atom stereocenters. The van der Waals surface area contributed by atoms with Crippen molar-refractivity contribution in [1.29, 1.82) is 0 Å². The summed E-state index contributed by atoms with van der Waals surface area (Å²) in [6, 6.07) is 5.71. The average molecular weight is 302 g/mol. The number of para-hydroxylation sites is 1. The number of nitrogens with two attached hydrogens (primary N) is 1. The number of rotatable bonds is 4. The van der Waals surface area contributed by atoms with Crippen molar-refractivity contribution in [3.63, 3.8) is 0 Å². The Bertz CT molecular complexity index is 613. The number of hydrogen-bond donors (Lipinski definition) is 2. The molecular formula is C16H24N5O+. The molecule has 1 aromatic rings. The van der Waals surface area contributed by atoms with Crippen LogP contribution in [0.4, 0.5) is 10.5 Å². The molecule has 118 valence electrons. The minimum atomic E-state index is -0.446. The van der Waals surface area contributed by atoms with E-state index in [0.717, 1.165) is 29.7 Å². The molecule has 1 aliphatic rings. The zero-order valence-electron chi connectivity index (χ0n) is 13.6. The highest BCUT2D eigenvalue weighted by atomic mass is 16.2. The van der Waals surface area contributed by atoms with E-state index in [1.54, 1.807) is 6.20 Å². The molecule has 1 heterocycles. The smallest absolute Gasteiger partial charge is 0.381 e. The highest BCUT2D eigenvalue weighted by molar-refractivity contribution is 6.04. The number of carbonyl (C=O) groups is 1. The first kappa shape index (κ1) is 16.2. The predicted octanol–water partition coefficient (Wildman–Crippen LogP) is 2.10. The molecule has 2 amide bonds. The van der Waals surface area contributed by atoms with Gasteiger partial charge in [0.2, 0.25) is 6.34 Å². The van der Waals surface area contributed by atoms with E-state index in [4.69, 9.17) is 5.84 Å². The van der Waals surface area contributed by atoms with Gasteiger partial charge < -0.3 is 4.90 Å². The molecule has 0 aliphatic carbocycles. The Morgan fingerprint density at radius 3 is 2.32 bits per heavy atom. The first-order chi connectivity index (χ1) is 10.4. The van der Waals surface area contributed by atoms with Crippen molar-refractivity contribution in [3.05, 3.63) is 41.3 Å². The van der Waals surface area contributed by atoms with Crippen LogP contribution >= 0.6 is 0 Å². The van der Waals surface area contributed by atoms with Gasteiger partial charge in [-0.15, -0.1) is 0 Å². The van der Waals surface area contributed by atoms with E-state index in [1.165, 1.54) is 6.34 Å². The van der Waals surface area contributed by atoms with Gasteiger partial charge in [-0.05, 0) is 12.8 Å². The summed E-state index contributed by atoms with van der Waals surface area (Å²) in [6.45, 7) is 4.11. The van der Waals surface area contributed by atoms with Gasteiger partial charge in [-0.1, -0.05) is 36.6 Å². The molecule has 6 nitrogen and oxygen atoms in total. The molecular weight excluding hydrogens is 278 g/mol. The summed E-state index contributed by atoms with van der Waals surface area (Å²) < 4.78 is -0.446. The maximum atomic E-state index is 12.6. The SMILES string of the molecule is CCc1cccc(CC)c1[N+]1(N)C=NC(=CN(C)C)NC1=O. The van der Waals surface area contributed by atoms with Gasteiger partial charge in [0.15, 0.2) is 11.5 Å². The number of aryl methyl sites for hydroxylation is 2. The van der Waals surface area contributed by atoms with Crippen molar-refractivity contribution in [1.82, 2.24) is 14.8 Å². The number of quaternary nitrogens is 1. The van der Waals surface area contributed by atoms with E-state index in [1.807, 2.05) is 37.2 Å². The normalized spacial score (nSPS) is 22.8. The lowest BCUT2D eigenvalue weighted by Gasteiger charge is -2.30. The topological polar surface area (TPSA) is 70.7 Å². The predicted molar refractivity (Wildman–Crippen MR) is 90.0 cm³/mol. The van der Waals surface area contributed by atoms with E-state index >= 15 is 0 Å². The number of hydrogen-bond acceptors (Lipinski definition) is 4. The number of amides is 2. The van der Waals surface area contributed by atoms with Crippen LogP contribution in [0.15, 0.2) is 35.2 Å². The quantitative estimate of drug-likeness (QED) is 0.508. The van der Waals surface area contributed by atoms with Crippen LogP contribution in [0, 0.1) is 0 Å². The third-order valence-corrected chi connectivity index (χ3v) is 3.67. The van der Waals surface area contributed by atoms with E-state index in [2.05, 4.69) is 24.2 Å². The molecule has 1 aliphatic heterocycles. The average Bonchev–Trinajstić information content (AvgIpc) is 2.49. The zero-order valence-corrected chi connectivity index (χ0v) is 13.6. The second-order valence-corrected chi connectivity index (χ2v) is 5.56. The lowest BCUT2D eigenvalue weighted by Crippen LogP contribution is -2.65. The Kier molecular flexibility index (Phi) is 4.63. The summed E-state index contributed by atoms with van der Waals surface area (Å²) >= 11 is 0. The second-order valence-electron chi connectivity index (χ2n) is 5.56. The minimum absolute atomic E-state index is 0.307. The highest BCUT2D eigenvalue weighted by Crippen LogP contribution is 2.30. The second kappa shape index (κ2) is 6.29. The van der Waals surface area contributed by atoms with Crippen LogP contribution in [0.2, 0.25) is 0 Å². The largest absolute Gasteiger partial charge is 0.452 e. The van der Waals surface area contributed by atoms with Crippen LogP contribution in [0.5, 0.6) is 0 Å². The van der Waals surface area contributed by atoms with Crippen LogP contribution in [0.3, 0.4) is 0 Å². The number of nitrogens with zero attached hydrogens (tertiary/aromatic N) is 3. The van der Waals surface area contributed by atoms with Gasteiger partial charge in [0.1, 0.15) is 0 Å². The monoisotopic (exact) mass is 302 g/mol. The fourth-order valence-corrected chi connectivity index (χ4v) is 2.60. The molecule has 0 aromatic heterocycles. The summed E-state index contributed by atoms with van der Waals surface area (Å²) in [5.74, 6) is 6.89. The van der Waals surface area contributed by atoms with Crippen LogP contribution in [-0.4, -0.2) is 31.4 Å². The maximum absolute atomic E-state index is 12.6. The lowest BCUT2D eigenvalue weighted by atomic mass is 10.0. The Morgan fingerprint density at radius 1 is 1.27 bits per heavy atom. The molecule has 1 aromatic carbocycles. The molecule has 1 atom stereocenters. The van der Waals surface area contributed by atoms with Gasteiger partial charge in [0.05, 0.1) is 0 Å². The summed E-state index contributed by atoms with van der Waals surface area (Å²) in [5.41, 5.74) is 2.93. The third-order valence-electron chi connectivity index (χ3n) is 3.67. The minimum Gasteiger partial charge on any atom is -0.381 e. The van der Waals surface area contributed by atoms with Crippen LogP contribution in [0.1, 0.15) is 25.0 Å². The summed E-state index contributed by atoms with van der Waals surface area (Å²) in [5, 5.41) is 2.77. The van der Waals surface area contributed by atoms with Crippen molar-refractivity contribution in [2.45, 2.75) is 26.7 Å². The van der Waals surface area contributed by atoms with Crippen LogP contribution in [0.25, 0.3) is 0 Å². The number of carbonyl (C=O) groups excluding carboxylic acids is 1. The number of nitrogens with one attached hydrogen (secondary N) is 1. The van der Waals surface area contributed by atoms with Gasteiger partial charge >= 0.3 is 6.03 Å². The van der Waals surface area contributed by atoms with Crippen molar-refractivity contribution >= 4 is 18.1 Å². The number of benzene rings is 1. The van der Waals surface area contributed by atoms with Crippen LogP contribution < -0.4 is 15.8 Å². The highest BCUT2D eigenvalue weighted by Gasteiger charge is 2.42. The van der Waals surface area contributed by atoms with Crippen molar-refractivity contribution in [2.75, 3.05) is 14.1 Å². The molecule has 0 fully saturated rings. The Morgan fingerprint density at radius 2 is 1.86 bits per heavy atom. The van der Waals surface area contributed by atoms with Crippen molar-refractivity contribution < 1.29 is 4.79 Å². The fourth-order valence-electron chi connectivity index (χ4n) is 2.60. The van der Waals surface area contributed by atoms with Gasteiger partial charge in [-0.3, -0.25) is 5.32 Å². The molecule has 0 saturated carbocycles. The van der Waals surface area contributed by atoms with E-state index < -0.39 is 4.59 Å². The van der Waals surface area contributed by atoms with E-state index in [9.17, 15) is 4.79 Å². The summed E-state index contributed by atoms with van der Waals surface area (Å²) in [6.07, 6.45) is 4.86. The van der Waals surface area contributed by atoms with Crippen molar-refractivity contribution in [2.24, 2.45) is 10.8 Å². The zero-order chi connectivity index (χ0) is 16.3. The number of urea groups is 1. The standard InChI is InChI=1S/C16H23N5O/c1-5-12-8-7-9-13(6-2)15(12)21(17)11-18-14(10-20(3)4)19-16(21)22/h7-11H,5-6,17H2,1-4H3/p+1. The molecule has 2 rings (SSSR count). The lowest BCUT2D eigenvalue weighted by molar-refractivity contribution is 0.222. The fraction of sp³-hybridized carbons (Fsp3) is 0.375. The van der Waals surface area contributed by atoms with Gasteiger partial charge in [0, 0.05) is 31.4 Å². The molecule has 22 heavy (non-hydrogen) atoms. The van der Waals surface area contributed by atoms with Crippen LogP contribution in [-0.2, 0) is 12.8 Å². The summed E-state index contributed by atoms with van der Waals surface area (Å²) in [7, 11) is 3.74. The molecule has 6 heteroatoms. The van der Waals surface area contributed by atoms with Gasteiger partial charge in [0.25, 0.3) is 0 Å². The third kappa shape index (κ3) is 2.88. The molecule has 0 saturated heterocycles. The van der Waals surface area contributed by atoms with E-state index in [-0.39, 0.29) is 6.03 Å². The Hall–Kier alpha value is -2.18. The van der Waals surface area contributed by atoms with Gasteiger partial charge in [-0.25, -0.2) is 4.79 Å². The first-order valence-electron chi connectivity index (χ1n) is 7.46. The molecule has 3 N–H and O–H groups in total. The molecule has 0 bridgehead atoms. The maximum Gasteiger partial charge on any atom is 0.452 e. The van der Waals surface area contributed by atoms with E-state index in [0.29, 0.717) is 5.82 Å². The molecule has 0 spiro atoms. The number of aliphatic imine (C=N–C) groups is 1. The first-order valence-corrected chi connectivity index (χ1v) is 7.46. The molecule has 0 radical (unpaired) electrons. The Labute approximate surface area is 131 Å².